The van der Waals surface area contributed by atoms with Crippen molar-refractivity contribution >= 4 is 34.8 Å². The molecule has 0 spiro atoms. The van der Waals surface area contributed by atoms with E-state index in [1.807, 2.05) is 58.1 Å². The van der Waals surface area contributed by atoms with Crippen molar-refractivity contribution in [1.82, 2.24) is 5.32 Å². The Morgan fingerprint density at radius 1 is 1.37 bits per heavy atom. The van der Waals surface area contributed by atoms with Crippen molar-refractivity contribution in [2.45, 2.75) is 46.6 Å². The van der Waals surface area contributed by atoms with Gasteiger partial charge in [-0.1, -0.05) is 53.6 Å². The van der Waals surface area contributed by atoms with Gasteiger partial charge in [0.2, 0.25) is 5.91 Å². The summed E-state index contributed by atoms with van der Waals surface area (Å²) in [6.07, 6.45) is 12.5. The Labute approximate surface area is 172 Å². The summed E-state index contributed by atoms with van der Waals surface area (Å²) in [5, 5.41) is 4.26. The minimum Gasteiger partial charge on any atom is -0.348 e. The lowest BCUT2D eigenvalue weighted by atomic mass is 10.1. The lowest BCUT2D eigenvalue weighted by Crippen LogP contribution is -2.37. The van der Waals surface area contributed by atoms with Crippen molar-refractivity contribution in [1.29, 1.82) is 0 Å². The number of carbonyl (C=O) groups is 1. The third kappa shape index (κ3) is 9.60. The Balaban J connectivity index is 2.56. The van der Waals surface area contributed by atoms with Crippen LogP contribution in [-0.4, -0.2) is 24.2 Å². The van der Waals surface area contributed by atoms with Gasteiger partial charge in [0.15, 0.2) is 0 Å². The summed E-state index contributed by atoms with van der Waals surface area (Å²) < 4.78 is 0. The molecule has 27 heavy (non-hydrogen) atoms. The fourth-order valence-electron chi connectivity index (χ4n) is 2.23. The maximum Gasteiger partial charge on any atom is 0.224 e. The topological polar surface area (TPSA) is 41.5 Å². The molecule has 1 aliphatic carbocycles. The molecule has 0 aromatic carbocycles. The molecule has 0 radical (unpaired) electrons. The Morgan fingerprint density at radius 2 is 2.07 bits per heavy atom. The van der Waals surface area contributed by atoms with Gasteiger partial charge in [-0.05, 0) is 63.5 Å². The molecule has 3 nitrogen and oxygen atoms in total. The molecule has 1 aliphatic rings. The van der Waals surface area contributed by atoms with Gasteiger partial charge in [-0.3, -0.25) is 9.79 Å². The molecular weight excluding hydrogens is 379 g/mol. The summed E-state index contributed by atoms with van der Waals surface area (Å²) in [5.74, 6) is -0.0541. The van der Waals surface area contributed by atoms with Gasteiger partial charge in [0.1, 0.15) is 0 Å². The normalized spacial score (nSPS) is 17.0. The number of halogens is 2. The molecular formula is C22H28Cl2N2O. The summed E-state index contributed by atoms with van der Waals surface area (Å²) >= 11 is 12.3. The van der Waals surface area contributed by atoms with Crippen LogP contribution in [0, 0.1) is 0 Å². The van der Waals surface area contributed by atoms with E-state index in [4.69, 9.17) is 23.2 Å². The highest BCUT2D eigenvalue weighted by molar-refractivity contribution is 6.32. The Hall–Kier alpha value is -1.84. The highest BCUT2D eigenvalue weighted by Gasteiger charge is 2.12. The molecule has 0 heterocycles. The first-order valence-electron chi connectivity index (χ1n) is 8.92. The molecule has 5 heteroatoms. The second kappa shape index (κ2) is 11.8. The predicted molar refractivity (Wildman–Crippen MR) is 118 cm³/mol. The molecule has 1 unspecified atom stereocenters. The van der Waals surface area contributed by atoms with E-state index in [2.05, 4.69) is 16.9 Å². The Bertz CT molecular complexity index is 752. The number of hydrogen-bond acceptors (Lipinski definition) is 2. The van der Waals surface area contributed by atoms with E-state index < -0.39 is 0 Å². The van der Waals surface area contributed by atoms with Crippen LogP contribution in [0.25, 0.3) is 0 Å². The van der Waals surface area contributed by atoms with E-state index in [9.17, 15) is 4.79 Å². The lowest BCUT2D eigenvalue weighted by Gasteiger charge is -2.14. The zero-order valence-corrected chi connectivity index (χ0v) is 18.0. The van der Waals surface area contributed by atoms with Gasteiger partial charge in [0.25, 0.3) is 0 Å². The maximum absolute atomic E-state index is 12.3. The summed E-state index contributed by atoms with van der Waals surface area (Å²) in [6.45, 7) is 11.9. The quantitative estimate of drug-likeness (QED) is 0.389. The number of nitrogens with zero attached hydrogens (tertiary/aromatic N) is 1. The molecule has 1 N–H and O–H groups in total. The van der Waals surface area contributed by atoms with Crippen LogP contribution in [0.1, 0.15) is 40.5 Å². The molecule has 0 aliphatic heterocycles. The first-order chi connectivity index (χ1) is 12.7. The van der Waals surface area contributed by atoms with Crippen molar-refractivity contribution in [2.75, 3.05) is 6.54 Å². The lowest BCUT2D eigenvalue weighted by molar-refractivity contribution is -0.120. The number of amides is 1. The number of allylic oxidation sites excluding steroid dienone is 9. The second-order valence-corrected chi connectivity index (χ2v) is 7.45. The van der Waals surface area contributed by atoms with Gasteiger partial charge in [-0.2, -0.15) is 0 Å². The van der Waals surface area contributed by atoms with Gasteiger partial charge in [-0.25, -0.2) is 0 Å². The Morgan fingerprint density at radius 3 is 2.74 bits per heavy atom. The standard InChI is InChI=1S/C22H28Cl2N2O/c1-15(2)9-10-20(23)11-12-25-17(4)18(5)26-22(27)14-19-8-6-7-16(3)21(24)13-19/h7-11,13,18H,1,6,12,14H2,2-5H3,(H,26,27)/b10-9-,20-11+,25-17?. The molecule has 1 rings (SSSR count). The molecule has 0 saturated heterocycles. The fraction of sp³-hybridized carbons (Fsp3) is 0.364. The summed E-state index contributed by atoms with van der Waals surface area (Å²) in [7, 11) is 0. The summed E-state index contributed by atoms with van der Waals surface area (Å²) in [6, 6.07) is -0.152. The monoisotopic (exact) mass is 406 g/mol. The SMILES string of the molecule is C=C(C)/C=C\C(Cl)=C/CN=C(C)C(C)NC(=O)CC1=CCC=C(C)C(Cl)=C1. The minimum atomic E-state index is -0.152. The minimum absolute atomic E-state index is 0.0541. The van der Waals surface area contributed by atoms with Crippen LogP contribution in [0.5, 0.6) is 0 Å². The van der Waals surface area contributed by atoms with E-state index in [1.54, 1.807) is 6.08 Å². The second-order valence-electron chi connectivity index (χ2n) is 6.61. The van der Waals surface area contributed by atoms with Crippen LogP contribution < -0.4 is 5.32 Å². The average molecular weight is 407 g/mol. The predicted octanol–water partition coefficient (Wildman–Crippen LogP) is 6.00. The number of carbonyl (C=O) groups excluding carboxylic acids is 1. The number of hydrogen-bond donors (Lipinski definition) is 1. The molecule has 0 aromatic rings. The van der Waals surface area contributed by atoms with Crippen molar-refractivity contribution < 1.29 is 4.79 Å². The molecule has 0 aromatic heterocycles. The zero-order chi connectivity index (χ0) is 20.4. The number of nitrogens with one attached hydrogen (secondary N) is 1. The van der Waals surface area contributed by atoms with Crippen molar-refractivity contribution in [3.63, 3.8) is 0 Å². The summed E-state index contributed by atoms with van der Waals surface area (Å²) in [5.41, 5.74) is 3.73. The van der Waals surface area contributed by atoms with Crippen LogP contribution >= 0.6 is 23.2 Å². The maximum atomic E-state index is 12.3. The van der Waals surface area contributed by atoms with Gasteiger partial charge < -0.3 is 5.32 Å². The third-order valence-electron chi connectivity index (χ3n) is 4.02. The van der Waals surface area contributed by atoms with E-state index in [1.165, 1.54) is 0 Å². The molecule has 0 saturated carbocycles. The van der Waals surface area contributed by atoms with E-state index >= 15 is 0 Å². The van der Waals surface area contributed by atoms with E-state index in [-0.39, 0.29) is 11.9 Å². The smallest absolute Gasteiger partial charge is 0.224 e. The Kier molecular flexibility index (Phi) is 10.1. The molecule has 0 bridgehead atoms. The van der Waals surface area contributed by atoms with E-state index in [0.717, 1.165) is 28.9 Å². The average Bonchev–Trinajstić information content (AvgIpc) is 2.73. The van der Waals surface area contributed by atoms with Crippen LogP contribution in [0.15, 0.2) is 74.8 Å². The van der Waals surface area contributed by atoms with Crippen LogP contribution in [0.3, 0.4) is 0 Å². The highest BCUT2D eigenvalue weighted by Crippen LogP contribution is 2.22. The first-order valence-corrected chi connectivity index (χ1v) is 9.67. The van der Waals surface area contributed by atoms with Gasteiger partial charge in [0, 0.05) is 15.8 Å². The molecule has 1 amide bonds. The molecule has 0 fully saturated rings. The van der Waals surface area contributed by atoms with Crippen molar-refractivity contribution in [3.05, 3.63) is 69.8 Å². The highest BCUT2D eigenvalue weighted by atomic mass is 35.5. The fourth-order valence-corrected chi connectivity index (χ4v) is 2.58. The number of aliphatic imine (C=N–C) groups is 1. The van der Waals surface area contributed by atoms with Crippen molar-refractivity contribution in [2.24, 2.45) is 4.99 Å². The molecule has 146 valence electrons. The van der Waals surface area contributed by atoms with Crippen LogP contribution in [-0.2, 0) is 4.79 Å². The van der Waals surface area contributed by atoms with Crippen LogP contribution in [0.4, 0.5) is 0 Å². The number of rotatable bonds is 8. The van der Waals surface area contributed by atoms with Gasteiger partial charge in [-0.15, -0.1) is 0 Å². The molecule has 1 atom stereocenters. The largest absolute Gasteiger partial charge is 0.348 e. The third-order valence-corrected chi connectivity index (χ3v) is 4.70. The summed E-state index contributed by atoms with van der Waals surface area (Å²) in [4.78, 5) is 16.8. The van der Waals surface area contributed by atoms with E-state index in [0.29, 0.717) is 23.0 Å². The van der Waals surface area contributed by atoms with Gasteiger partial charge in [0.05, 0.1) is 19.0 Å². The van der Waals surface area contributed by atoms with Crippen LogP contribution in [0.2, 0.25) is 0 Å². The first kappa shape index (κ1) is 23.2. The van der Waals surface area contributed by atoms with Crippen molar-refractivity contribution in [3.8, 4) is 0 Å². The zero-order valence-electron chi connectivity index (χ0n) is 16.5. The van der Waals surface area contributed by atoms with Gasteiger partial charge >= 0.3 is 0 Å².